The standard InChI is InChI=1S/C13H16ClN3O5S/c1-23(21,22)16-6-4-9(5-7-16)13(18)15-11-3-2-10(14)8-12(11)17(19)20/h2-3,8-9H,4-7H2,1H3,(H,15,18). The Hall–Kier alpha value is -1.71. The second-order valence-corrected chi connectivity index (χ2v) is 7.76. The monoisotopic (exact) mass is 361 g/mol. The molecular formula is C13H16ClN3O5S. The summed E-state index contributed by atoms with van der Waals surface area (Å²) in [6, 6.07) is 4.00. The van der Waals surface area contributed by atoms with E-state index in [0.717, 1.165) is 6.26 Å². The maximum atomic E-state index is 12.2. The first-order valence-corrected chi connectivity index (χ1v) is 9.11. The average Bonchev–Trinajstić information content (AvgIpc) is 2.48. The van der Waals surface area contributed by atoms with E-state index in [1.54, 1.807) is 0 Å². The second-order valence-electron chi connectivity index (χ2n) is 5.34. The Kier molecular flexibility index (Phi) is 5.23. The van der Waals surface area contributed by atoms with E-state index in [1.807, 2.05) is 0 Å². The summed E-state index contributed by atoms with van der Waals surface area (Å²) in [5, 5.41) is 13.7. The summed E-state index contributed by atoms with van der Waals surface area (Å²) < 4.78 is 24.2. The molecule has 0 aliphatic carbocycles. The number of nitro groups is 1. The van der Waals surface area contributed by atoms with Crippen molar-refractivity contribution in [2.45, 2.75) is 12.8 Å². The largest absolute Gasteiger partial charge is 0.320 e. The molecule has 1 aromatic rings. The minimum atomic E-state index is -3.26. The maximum absolute atomic E-state index is 12.2. The Balaban J connectivity index is 2.05. The Bertz CT molecular complexity index is 729. The van der Waals surface area contributed by atoms with Crippen LogP contribution in [0.25, 0.3) is 0 Å². The number of nitrogens with zero attached hydrogens (tertiary/aromatic N) is 2. The average molecular weight is 362 g/mol. The number of piperidine rings is 1. The van der Waals surface area contributed by atoms with Crippen LogP contribution in [0.15, 0.2) is 18.2 Å². The highest BCUT2D eigenvalue weighted by Crippen LogP contribution is 2.29. The number of sulfonamides is 1. The van der Waals surface area contributed by atoms with Gasteiger partial charge in [0.1, 0.15) is 5.69 Å². The number of hydrogen-bond donors (Lipinski definition) is 1. The molecule has 1 fully saturated rings. The van der Waals surface area contributed by atoms with Crippen LogP contribution in [-0.4, -0.2) is 42.9 Å². The lowest BCUT2D eigenvalue weighted by Crippen LogP contribution is -2.40. The minimum Gasteiger partial charge on any atom is -0.320 e. The number of rotatable bonds is 4. The lowest BCUT2D eigenvalue weighted by molar-refractivity contribution is -0.383. The highest BCUT2D eigenvalue weighted by molar-refractivity contribution is 7.88. The van der Waals surface area contributed by atoms with Gasteiger partial charge in [-0.15, -0.1) is 0 Å². The first-order valence-electron chi connectivity index (χ1n) is 6.88. The molecule has 1 heterocycles. The van der Waals surface area contributed by atoms with Gasteiger partial charge in [-0.2, -0.15) is 0 Å². The molecule has 0 atom stereocenters. The fourth-order valence-electron chi connectivity index (χ4n) is 2.45. The van der Waals surface area contributed by atoms with Crippen LogP contribution in [0, 0.1) is 16.0 Å². The Morgan fingerprint density at radius 1 is 1.39 bits per heavy atom. The molecule has 0 radical (unpaired) electrons. The van der Waals surface area contributed by atoms with Crippen molar-refractivity contribution in [1.29, 1.82) is 0 Å². The predicted molar refractivity (Wildman–Crippen MR) is 85.9 cm³/mol. The molecule has 0 unspecified atom stereocenters. The van der Waals surface area contributed by atoms with Crippen molar-refractivity contribution in [2.24, 2.45) is 5.92 Å². The van der Waals surface area contributed by atoms with Crippen LogP contribution in [0.4, 0.5) is 11.4 Å². The molecular weight excluding hydrogens is 346 g/mol. The van der Waals surface area contributed by atoms with Gasteiger partial charge in [0.25, 0.3) is 5.69 Å². The summed E-state index contributed by atoms with van der Waals surface area (Å²) >= 11 is 5.73. The molecule has 0 bridgehead atoms. The van der Waals surface area contributed by atoms with Gasteiger partial charge in [0, 0.05) is 30.1 Å². The molecule has 2 rings (SSSR count). The van der Waals surface area contributed by atoms with Crippen LogP contribution in [0.1, 0.15) is 12.8 Å². The fraction of sp³-hybridized carbons (Fsp3) is 0.462. The van der Waals surface area contributed by atoms with E-state index >= 15 is 0 Å². The quantitative estimate of drug-likeness (QED) is 0.650. The number of amides is 1. The minimum absolute atomic E-state index is 0.0787. The van der Waals surface area contributed by atoms with Crippen LogP contribution >= 0.6 is 11.6 Å². The van der Waals surface area contributed by atoms with Gasteiger partial charge in [-0.3, -0.25) is 14.9 Å². The molecule has 0 aromatic heterocycles. The molecule has 8 nitrogen and oxygen atoms in total. The van der Waals surface area contributed by atoms with Crippen molar-refractivity contribution in [2.75, 3.05) is 24.7 Å². The third-order valence-electron chi connectivity index (χ3n) is 3.71. The SMILES string of the molecule is CS(=O)(=O)N1CCC(C(=O)Nc2ccc(Cl)cc2[N+](=O)[O-])CC1. The van der Waals surface area contributed by atoms with E-state index in [4.69, 9.17) is 11.6 Å². The normalized spacial score (nSPS) is 17.0. The number of carbonyl (C=O) groups is 1. The molecule has 1 amide bonds. The highest BCUT2D eigenvalue weighted by Gasteiger charge is 2.29. The van der Waals surface area contributed by atoms with Crippen molar-refractivity contribution < 1.29 is 18.1 Å². The predicted octanol–water partition coefficient (Wildman–Crippen LogP) is 1.86. The van der Waals surface area contributed by atoms with Crippen molar-refractivity contribution >= 4 is 38.9 Å². The number of nitrogens with one attached hydrogen (secondary N) is 1. The lowest BCUT2D eigenvalue weighted by Gasteiger charge is -2.29. The van der Waals surface area contributed by atoms with Crippen molar-refractivity contribution in [3.8, 4) is 0 Å². The Labute approximate surface area is 138 Å². The summed E-state index contributed by atoms with van der Waals surface area (Å²) in [6.45, 7) is 0.527. The van der Waals surface area contributed by atoms with E-state index in [2.05, 4.69) is 5.32 Å². The number of halogens is 1. The van der Waals surface area contributed by atoms with E-state index in [1.165, 1.54) is 22.5 Å². The van der Waals surface area contributed by atoms with Gasteiger partial charge in [-0.25, -0.2) is 12.7 Å². The second kappa shape index (κ2) is 6.81. The van der Waals surface area contributed by atoms with E-state index in [9.17, 15) is 23.3 Å². The lowest BCUT2D eigenvalue weighted by atomic mass is 9.97. The van der Waals surface area contributed by atoms with E-state index < -0.39 is 14.9 Å². The zero-order valence-corrected chi connectivity index (χ0v) is 13.9. The number of nitro benzene ring substituents is 1. The Morgan fingerprint density at radius 3 is 2.52 bits per heavy atom. The summed E-state index contributed by atoms with van der Waals surface area (Å²) in [5.41, 5.74) is -0.200. The van der Waals surface area contributed by atoms with Crippen LogP contribution in [-0.2, 0) is 14.8 Å². The number of hydrogen-bond acceptors (Lipinski definition) is 5. The molecule has 23 heavy (non-hydrogen) atoms. The smallest absolute Gasteiger partial charge is 0.294 e. The fourth-order valence-corrected chi connectivity index (χ4v) is 3.49. The van der Waals surface area contributed by atoms with Crippen molar-refractivity contribution in [3.63, 3.8) is 0 Å². The Morgan fingerprint density at radius 2 is 2.00 bits per heavy atom. The molecule has 1 aliphatic rings. The van der Waals surface area contributed by atoms with Gasteiger partial charge in [0.2, 0.25) is 15.9 Å². The van der Waals surface area contributed by atoms with Gasteiger partial charge in [-0.1, -0.05) is 11.6 Å². The summed E-state index contributed by atoms with van der Waals surface area (Å²) in [4.78, 5) is 22.6. The third kappa shape index (κ3) is 4.40. The zero-order chi connectivity index (χ0) is 17.2. The highest BCUT2D eigenvalue weighted by atomic mass is 35.5. The van der Waals surface area contributed by atoms with Crippen LogP contribution in [0.3, 0.4) is 0 Å². The summed E-state index contributed by atoms with van der Waals surface area (Å²) in [6.07, 6.45) is 1.88. The molecule has 126 valence electrons. The molecule has 0 saturated carbocycles. The number of anilines is 1. The first kappa shape index (κ1) is 17.6. The van der Waals surface area contributed by atoms with Crippen LogP contribution < -0.4 is 5.32 Å². The molecule has 1 aliphatic heterocycles. The summed E-state index contributed by atoms with van der Waals surface area (Å²) in [7, 11) is -3.26. The topological polar surface area (TPSA) is 110 Å². The van der Waals surface area contributed by atoms with Crippen molar-refractivity contribution in [1.82, 2.24) is 4.31 Å². The van der Waals surface area contributed by atoms with Crippen LogP contribution in [0.2, 0.25) is 5.02 Å². The van der Waals surface area contributed by atoms with Crippen LogP contribution in [0.5, 0.6) is 0 Å². The molecule has 0 spiro atoms. The maximum Gasteiger partial charge on any atom is 0.294 e. The number of benzene rings is 1. The molecule has 1 N–H and O–H groups in total. The number of carbonyl (C=O) groups excluding carboxylic acids is 1. The first-order chi connectivity index (χ1) is 10.7. The summed E-state index contributed by atoms with van der Waals surface area (Å²) in [5.74, 6) is -0.744. The van der Waals surface area contributed by atoms with E-state index in [-0.39, 0.29) is 41.3 Å². The zero-order valence-electron chi connectivity index (χ0n) is 12.4. The van der Waals surface area contributed by atoms with Gasteiger partial charge in [-0.05, 0) is 25.0 Å². The van der Waals surface area contributed by atoms with Gasteiger partial charge in [0.15, 0.2) is 0 Å². The third-order valence-corrected chi connectivity index (χ3v) is 5.25. The van der Waals surface area contributed by atoms with Crippen molar-refractivity contribution in [3.05, 3.63) is 33.3 Å². The van der Waals surface area contributed by atoms with Gasteiger partial charge >= 0.3 is 0 Å². The van der Waals surface area contributed by atoms with Gasteiger partial charge in [0.05, 0.1) is 11.2 Å². The van der Waals surface area contributed by atoms with Gasteiger partial charge < -0.3 is 5.32 Å². The molecule has 1 aromatic carbocycles. The molecule has 1 saturated heterocycles. The molecule has 10 heteroatoms. The van der Waals surface area contributed by atoms with E-state index in [0.29, 0.717) is 12.8 Å².